The summed E-state index contributed by atoms with van der Waals surface area (Å²) in [5.74, 6) is 1.44. The van der Waals surface area contributed by atoms with Crippen LogP contribution in [-0.2, 0) is 16.1 Å². The van der Waals surface area contributed by atoms with Crippen molar-refractivity contribution in [2.45, 2.75) is 25.8 Å². The summed E-state index contributed by atoms with van der Waals surface area (Å²) in [5.41, 5.74) is 0. The number of hydrogen-bond donors (Lipinski definition) is 1. The number of cyclic esters (lactones) is 1. The minimum absolute atomic E-state index is 0.0244. The first kappa shape index (κ1) is 18.2. The number of anilines is 2. The summed E-state index contributed by atoms with van der Waals surface area (Å²) in [6.07, 6.45) is 3.02. The van der Waals surface area contributed by atoms with Gasteiger partial charge in [-0.1, -0.05) is 0 Å². The van der Waals surface area contributed by atoms with Crippen molar-refractivity contribution in [2.24, 2.45) is 0 Å². The van der Waals surface area contributed by atoms with E-state index in [1.807, 2.05) is 19.0 Å². The average Bonchev–Trinajstić information content (AvgIpc) is 3.05. The fourth-order valence-electron chi connectivity index (χ4n) is 2.89. The lowest BCUT2D eigenvalue weighted by atomic mass is 10.1. The molecule has 10 nitrogen and oxygen atoms in total. The number of ether oxygens (including phenoxy) is 1. The Hall–Kier alpha value is -2.65. The van der Waals surface area contributed by atoms with Crippen LogP contribution < -0.4 is 15.1 Å². The molecule has 0 atom stereocenters. The number of nitrogens with zero attached hydrogens (tertiary/aromatic N) is 6. The smallest absolute Gasteiger partial charge is 0.410 e. The van der Waals surface area contributed by atoms with Crippen molar-refractivity contribution in [3.05, 3.63) is 5.82 Å². The highest BCUT2D eigenvalue weighted by atomic mass is 16.6. The van der Waals surface area contributed by atoms with E-state index in [4.69, 9.17) is 4.74 Å². The van der Waals surface area contributed by atoms with Gasteiger partial charge in [0.05, 0.1) is 13.1 Å². The van der Waals surface area contributed by atoms with Gasteiger partial charge < -0.3 is 19.9 Å². The first-order chi connectivity index (χ1) is 12.5. The van der Waals surface area contributed by atoms with E-state index in [-0.39, 0.29) is 19.0 Å². The molecule has 0 aliphatic carbocycles. The average molecular weight is 363 g/mol. The number of rotatable bonds is 6. The first-order valence-corrected chi connectivity index (χ1v) is 8.88. The van der Waals surface area contributed by atoms with Crippen molar-refractivity contribution in [1.82, 2.24) is 25.2 Å². The molecule has 26 heavy (non-hydrogen) atoms. The quantitative estimate of drug-likeness (QED) is 0.753. The standard InChI is InChI=1S/C16H25N7O3/c1-21(2)14-18-12(19-15(20-14)22-6-4-3-5-7-22)10-17-13(24)11-23-8-9-26-16(23)25/h3-11H2,1-2H3,(H,17,24). The molecular weight excluding hydrogens is 338 g/mol. The fourth-order valence-corrected chi connectivity index (χ4v) is 2.89. The molecule has 2 amide bonds. The van der Waals surface area contributed by atoms with Gasteiger partial charge in [-0.25, -0.2) is 4.79 Å². The molecule has 10 heteroatoms. The van der Waals surface area contributed by atoms with E-state index in [1.165, 1.54) is 11.3 Å². The van der Waals surface area contributed by atoms with Crippen LogP contribution >= 0.6 is 0 Å². The van der Waals surface area contributed by atoms with Crippen LogP contribution in [0.25, 0.3) is 0 Å². The largest absolute Gasteiger partial charge is 0.448 e. The molecule has 3 heterocycles. The van der Waals surface area contributed by atoms with Crippen LogP contribution in [0.3, 0.4) is 0 Å². The van der Waals surface area contributed by atoms with Crippen LogP contribution in [0.2, 0.25) is 0 Å². The lowest BCUT2D eigenvalue weighted by molar-refractivity contribution is -0.121. The fraction of sp³-hybridized carbons (Fsp3) is 0.688. The predicted octanol–water partition coefficient (Wildman–Crippen LogP) is -0.00370. The molecule has 3 rings (SSSR count). The summed E-state index contributed by atoms with van der Waals surface area (Å²) in [6, 6.07) is 0. The third-order valence-corrected chi connectivity index (χ3v) is 4.32. The maximum absolute atomic E-state index is 12.1. The second kappa shape index (κ2) is 8.15. The lowest BCUT2D eigenvalue weighted by Crippen LogP contribution is -2.38. The Balaban J connectivity index is 1.65. The molecule has 2 saturated heterocycles. The summed E-state index contributed by atoms with van der Waals surface area (Å²) in [4.78, 5) is 42.3. The maximum Gasteiger partial charge on any atom is 0.410 e. The molecule has 0 bridgehead atoms. The molecule has 142 valence electrons. The van der Waals surface area contributed by atoms with Crippen molar-refractivity contribution in [3.8, 4) is 0 Å². The number of hydrogen-bond acceptors (Lipinski definition) is 8. The van der Waals surface area contributed by atoms with E-state index < -0.39 is 6.09 Å². The molecule has 2 aliphatic rings. The molecule has 0 aromatic carbocycles. The lowest BCUT2D eigenvalue weighted by Gasteiger charge is -2.27. The number of piperidine rings is 1. The van der Waals surface area contributed by atoms with Gasteiger partial charge in [-0.15, -0.1) is 0 Å². The van der Waals surface area contributed by atoms with E-state index in [9.17, 15) is 9.59 Å². The molecule has 0 saturated carbocycles. The SMILES string of the molecule is CN(C)c1nc(CNC(=O)CN2CCOC2=O)nc(N2CCCCC2)n1. The zero-order valence-corrected chi connectivity index (χ0v) is 15.3. The Morgan fingerprint density at radius 2 is 1.92 bits per heavy atom. The monoisotopic (exact) mass is 363 g/mol. The van der Waals surface area contributed by atoms with Crippen molar-refractivity contribution in [1.29, 1.82) is 0 Å². The molecule has 0 radical (unpaired) electrons. The van der Waals surface area contributed by atoms with Gasteiger partial charge in [0.2, 0.25) is 17.8 Å². The Morgan fingerprint density at radius 3 is 2.58 bits per heavy atom. The summed E-state index contributed by atoms with van der Waals surface area (Å²) in [5, 5.41) is 2.76. The number of nitrogens with one attached hydrogen (secondary N) is 1. The van der Waals surface area contributed by atoms with Gasteiger partial charge in [0.15, 0.2) is 5.82 Å². The van der Waals surface area contributed by atoms with Gasteiger partial charge in [0, 0.05) is 27.2 Å². The van der Waals surface area contributed by atoms with Crippen LogP contribution in [-0.4, -0.2) is 78.7 Å². The van der Waals surface area contributed by atoms with Crippen LogP contribution in [0.1, 0.15) is 25.1 Å². The maximum atomic E-state index is 12.1. The summed E-state index contributed by atoms with van der Waals surface area (Å²) in [6.45, 7) is 2.78. The molecule has 2 aliphatic heterocycles. The Bertz CT molecular complexity index is 661. The summed E-state index contributed by atoms with van der Waals surface area (Å²) in [7, 11) is 3.74. The second-order valence-electron chi connectivity index (χ2n) is 6.61. The summed E-state index contributed by atoms with van der Waals surface area (Å²) < 4.78 is 4.82. The van der Waals surface area contributed by atoms with E-state index in [1.54, 1.807) is 0 Å². The zero-order chi connectivity index (χ0) is 18.5. The molecule has 1 aromatic heterocycles. The van der Waals surface area contributed by atoms with Crippen LogP contribution in [0.4, 0.5) is 16.7 Å². The van der Waals surface area contributed by atoms with Gasteiger partial charge in [-0.3, -0.25) is 9.69 Å². The van der Waals surface area contributed by atoms with Gasteiger partial charge in [-0.05, 0) is 19.3 Å². The molecule has 2 fully saturated rings. The Labute approximate surface area is 152 Å². The van der Waals surface area contributed by atoms with Gasteiger partial charge >= 0.3 is 6.09 Å². The Morgan fingerprint density at radius 1 is 1.15 bits per heavy atom. The number of aromatic nitrogens is 3. The third-order valence-electron chi connectivity index (χ3n) is 4.32. The van der Waals surface area contributed by atoms with Crippen LogP contribution in [0, 0.1) is 0 Å². The highest BCUT2D eigenvalue weighted by molar-refractivity contribution is 5.82. The van der Waals surface area contributed by atoms with Crippen molar-refractivity contribution in [3.63, 3.8) is 0 Å². The number of carbonyl (C=O) groups is 2. The van der Waals surface area contributed by atoms with Crippen LogP contribution in [0.15, 0.2) is 0 Å². The number of amides is 2. The highest BCUT2D eigenvalue weighted by Crippen LogP contribution is 2.17. The number of carbonyl (C=O) groups excluding carboxylic acids is 2. The van der Waals surface area contributed by atoms with Crippen LogP contribution in [0.5, 0.6) is 0 Å². The third kappa shape index (κ3) is 4.50. The summed E-state index contributed by atoms with van der Waals surface area (Å²) >= 11 is 0. The van der Waals surface area contributed by atoms with E-state index in [2.05, 4.69) is 25.2 Å². The van der Waals surface area contributed by atoms with Crippen molar-refractivity contribution < 1.29 is 14.3 Å². The molecule has 1 aromatic rings. The first-order valence-electron chi connectivity index (χ1n) is 8.88. The van der Waals surface area contributed by atoms with E-state index in [0.29, 0.717) is 30.9 Å². The van der Waals surface area contributed by atoms with Gasteiger partial charge in [0.25, 0.3) is 0 Å². The van der Waals surface area contributed by atoms with Gasteiger partial charge in [-0.2, -0.15) is 15.0 Å². The minimum Gasteiger partial charge on any atom is -0.448 e. The molecule has 1 N–H and O–H groups in total. The highest BCUT2D eigenvalue weighted by Gasteiger charge is 2.24. The predicted molar refractivity (Wildman–Crippen MR) is 95.0 cm³/mol. The second-order valence-corrected chi connectivity index (χ2v) is 6.61. The molecule has 0 unspecified atom stereocenters. The van der Waals surface area contributed by atoms with E-state index in [0.717, 1.165) is 25.9 Å². The van der Waals surface area contributed by atoms with Crippen molar-refractivity contribution in [2.75, 3.05) is 56.7 Å². The van der Waals surface area contributed by atoms with Crippen molar-refractivity contribution >= 4 is 23.9 Å². The normalized spacial score (nSPS) is 17.2. The van der Waals surface area contributed by atoms with E-state index >= 15 is 0 Å². The Kier molecular flexibility index (Phi) is 5.69. The zero-order valence-electron chi connectivity index (χ0n) is 15.3. The topological polar surface area (TPSA) is 104 Å². The minimum atomic E-state index is -0.456. The molecule has 0 spiro atoms. The van der Waals surface area contributed by atoms with Gasteiger partial charge in [0.1, 0.15) is 13.2 Å². The molecular formula is C16H25N7O3.